The van der Waals surface area contributed by atoms with Crippen molar-refractivity contribution in [2.24, 2.45) is 0 Å². The van der Waals surface area contributed by atoms with Crippen LogP contribution in [0.15, 0.2) is 25.0 Å². The number of aromatic amines is 1. The predicted octanol–water partition coefficient (Wildman–Crippen LogP) is 0.699. The van der Waals surface area contributed by atoms with Gasteiger partial charge < -0.3 is 0 Å². The Bertz CT molecular complexity index is 437. The van der Waals surface area contributed by atoms with Gasteiger partial charge in [-0.1, -0.05) is 12.7 Å². The molecule has 0 radical (unpaired) electrons. The molecule has 0 atom stereocenters. The van der Waals surface area contributed by atoms with Gasteiger partial charge in [0, 0.05) is 6.42 Å². The molecule has 90 valence electrons. The van der Waals surface area contributed by atoms with Gasteiger partial charge in [-0.2, -0.15) is 8.42 Å². The van der Waals surface area contributed by atoms with E-state index >= 15 is 0 Å². The molecular formula is C10H17N2O3S+. The number of nitrogens with zero attached hydrogens (tertiary/aromatic N) is 1. The minimum atomic E-state index is -3.82. The van der Waals surface area contributed by atoms with Crippen molar-refractivity contribution in [3.8, 4) is 0 Å². The van der Waals surface area contributed by atoms with Crippen LogP contribution in [0, 0.1) is 0 Å². The third-order valence-electron chi connectivity index (χ3n) is 2.24. The van der Waals surface area contributed by atoms with Gasteiger partial charge in [0.15, 0.2) is 0 Å². The molecule has 0 spiro atoms. The smallest absolute Gasteiger partial charge is 0.264 e. The number of unbranched alkanes of at least 4 members (excludes halogenated alkanes) is 1. The Morgan fingerprint density at radius 2 is 2.25 bits per heavy atom. The molecule has 5 nitrogen and oxygen atoms in total. The zero-order chi connectivity index (χ0) is 12.0. The van der Waals surface area contributed by atoms with Gasteiger partial charge in [-0.15, -0.1) is 0 Å². The Labute approximate surface area is 95.6 Å². The molecule has 1 aromatic heterocycles. The monoisotopic (exact) mass is 245 g/mol. The summed E-state index contributed by atoms with van der Waals surface area (Å²) in [7, 11) is -3.82. The summed E-state index contributed by atoms with van der Waals surface area (Å²) >= 11 is 0. The van der Waals surface area contributed by atoms with Crippen molar-refractivity contribution in [3.63, 3.8) is 0 Å². The SMILES string of the molecule is C=CC[n+]1cc[nH]c1CCCCS(=O)(=O)O. The van der Waals surface area contributed by atoms with Crippen LogP contribution in [0.25, 0.3) is 0 Å². The standard InChI is InChI=1S/C10H16N2O3S/c1-2-7-12-8-6-11-10(12)5-3-4-9-16(13,14)15/h2,6,8H,1,3-5,7,9H2,(H,13,14,15)/p+1. The van der Waals surface area contributed by atoms with Crippen molar-refractivity contribution in [2.75, 3.05) is 5.75 Å². The van der Waals surface area contributed by atoms with Crippen LogP contribution in [0.3, 0.4) is 0 Å². The maximum atomic E-state index is 10.5. The van der Waals surface area contributed by atoms with Crippen LogP contribution in [0.1, 0.15) is 18.7 Å². The summed E-state index contributed by atoms with van der Waals surface area (Å²) in [5.41, 5.74) is 0. The Balaban J connectivity index is 2.37. The molecule has 1 aromatic rings. The lowest BCUT2D eigenvalue weighted by molar-refractivity contribution is -0.693. The van der Waals surface area contributed by atoms with Crippen LogP contribution in [0.4, 0.5) is 0 Å². The number of H-pyrrole nitrogens is 1. The number of imidazole rings is 1. The minimum Gasteiger partial charge on any atom is -0.286 e. The van der Waals surface area contributed by atoms with Crippen LogP contribution in [0.2, 0.25) is 0 Å². The third kappa shape index (κ3) is 4.59. The molecule has 0 saturated heterocycles. The summed E-state index contributed by atoms with van der Waals surface area (Å²) in [5.74, 6) is 0.866. The van der Waals surface area contributed by atoms with Gasteiger partial charge in [-0.05, 0) is 12.8 Å². The zero-order valence-corrected chi connectivity index (χ0v) is 9.91. The predicted molar refractivity (Wildman–Crippen MR) is 60.5 cm³/mol. The number of aryl methyl sites for hydroxylation is 1. The number of nitrogens with one attached hydrogen (secondary N) is 1. The second-order valence-electron chi connectivity index (χ2n) is 3.59. The molecule has 16 heavy (non-hydrogen) atoms. The number of rotatable bonds is 7. The first-order valence-electron chi connectivity index (χ1n) is 5.14. The van der Waals surface area contributed by atoms with Gasteiger partial charge in [-0.25, -0.2) is 9.55 Å². The Hall–Kier alpha value is -1.14. The highest BCUT2D eigenvalue weighted by Crippen LogP contribution is 2.00. The van der Waals surface area contributed by atoms with E-state index in [0.29, 0.717) is 6.42 Å². The number of allylic oxidation sites excluding steroid dienone is 1. The molecule has 0 aliphatic heterocycles. The summed E-state index contributed by atoms with van der Waals surface area (Å²) in [6, 6.07) is 0. The van der Waals surface area contributed by atoms with Crippen LogP contribution >= 0.6 is 0 Å². The molecule has 2 N–H and O–H groups in total. The molecule has 0 amide bonds. The molecule has 0 aliphatic carbocycles. The average Bonchev–Trinajstić information content (AvgIpc) is 2.60. The average molecular weight is 245 g/mol. The van der Waals surface area contributed by atoms with E-state index in [1.807, 2.05) is 17.0 Å². The molecule has 1 heterocycles. The number of hydrogen-bond donors (Lipinski definition) is 2. The number of hydrogen-bond acceptors (Lipinski definition) is 2. The molecule has 0 bridgehead atoms. The van der Waals surface area contributed by atoms with Crippen molar-refractivity contribution in [1.29, 1.82) is 0 Å². The third-order valence-corrected chi connectivity index (χ3v) is 3.05. The molecule has 0 saturated carbocycles. The van der Waals surface area contributed by atoms with Crippen molar-refractivity contribution in [1.82, 2.24) is 4.98 Å². The fraction of sp³-hybridized carbons (Fsp3) is 0.500. The lowest BCUT2D eigenvalue weighted by atomic mass is 10.2. The van der Waals surface area contributed by atoms with E-state index in [1.165, 1.54) is 0 Å². The maximum Gasteiger partial charge on any atom is 0.264 e. The van der Waals surface area contributed by atoms with E-state index in [9.17, 15) is 8.42 Å². The van der Waals surface area contributed by atoms with Gasteiger partial charge >= 0.3 is 0 Å². The highest BCUT2D eigenvalue weighted by Gasteiger charge is 2.10. The van der Waals surface area contributed by atoms with Crippen LogP contribution < -0.4 is 4.57 Å². The lowest BCUT2D eigenvalue weighted by Crippen LogP contribution is -2.35. The highest BCUT2D eigenvalue weighted by atomic mass is 32.2. The van der Waals surface area contributed by atoms with Crippen molar-refractivity contribution in [3.05, 3.63) is 30.9 Å². The van der Waals surface area contributed by atoms with E-state index < -0.39 is 10.1 Å². The first kappa shape index (κ1) is 12.9. The quantitative estimate of drug-likeness (QED) is 0.321. The topological polar surface area (TPSA) is 74.0 Å². The molecule has 0 fully saturated rings. The van der Waals surface area contributed by atoms with Gasteiger partial charge in [-0.3, -0.25) is 4.55 Å². The molecule has 6 heteroatoms. The summed E-state index contributed by atoms with van der Waals surface area (Å²) in [4.78, 5) is 3.09. The lowest BCUT2D eigenvalue weighted by Gasteiger charge is -1.98. The van der Waals surface area contributed by atoms with Crippen LogP contribution in [-0.2, 0) is 23.1 Å². The van der Waals surface area contributed by atoms with E-state index in [0.717, 1.165) is 25.2 Å². The fourth-order valence-electron chi connectivity index (χ4n) is 1.50. The zero-order valence-electron chi connectivity index (χ0n) is 9.09. The van der Waals surface area contributed by atoms with Gasteiger partial charge in [0.25, 0.3) is 15.9 Å². The minimum absolute atomic E-state index is 0.171. The summed E-state index contributed by atoms with van der Waals surface area (Å²) in [6.07, 6.45) is 7.50. The summed E-state index contributed by atoms with van der Waals surface area (Å²) in [5, 5.41) is 0. The Morgan fingerprint density at radius 1 is 1.50 bits per heavy atom. The summed E-state index contributed by atoms with van der Waals surface area (Å²) in [6.45, 7) is 4.39. The fourth-order valence-corrected chi connectivity index (χ4v) is 2.07. The van der Waals surface area contributed by atoms with Gasteiger partial charge in [0.05, 0.1) is 5.75 Å². The molecule has 0 unspecified atom stereocenters. The van der Waals surface area contributed by atoms with Crippen molar-refractivity contribution >= 4 is 10.1 Å². The largest absolute Gasteiger partial charge is 0.286 e. The molecule has 0 aromatic carbocycles. The molecule has 0 aliphatic rings. The Kier molecular flexibility index (Phi) is 4.70. The van der Waals surface area contributed by atoms with Crippen molar-refractivity contribution in [2.45, 2.75) is 25.8 Å². The normalized spacial score (nSPS) is 11.6. The van der Waals surface area contributed by atoms with Crippen LogP contribution in [0.5, 0.6) is 0 Å². The van der Waals surface area contributed by atoms with Gasteiger partial charge in [0.1, 0.15) is 18.9 Å². The Morgan fingerprint density at radius 3 is 2.88 bits per heavy atom. The van der Waals surface area contributed by atoms with E-state index in [-0.39, 0.29) is 5.75 Å². The molecular weight excluding hydrogens is 228 g/mol. The van der Waals surface area contributed by atoms with Crippen molar-refractivity contribution < 1.29 is 17.5 Å². The van der Waals surface area contributed by atoms with E-state index in [2.05, 4.69) is 11.6 Å². The van der Waals surface area contributed by atoms with Gasteiger partial charge in [0.2, 0.25) is 0 Å². The second-order valence-corrected chi connectivity index (χ2v) is 5.16. The summed E-state index contributed by atoms with van der Waals surface area (Å²) < 4.78 is 31.6. The second kappa shape index (κ2) is 5.81. The van der Waals surface area contributed by atoms with Crippen LogP contribution in [-0.4, -0.2) is 23.7 Å². The first-order chi connectivity index (χ1) is 7.53. The maximum absolute atomic E-state index is 10.5. The highest BCUT2D eigenvalue weighted by molar-refractivity contribution is 7.85. The van der Waals surface area contributed by atoms with E-state index in [4.69, 9.17) is 4.55 Å². The number of aromatic nitrogens is 2. The first-order valence-corrected chi connectivity index (χ1v) is 6.75. The van der Waals surface area contributed by atoms with E-state index in [1.54, 1.807) is 6.08 Å². The molecule has 1 rings (SSSR count).